The molecule has 2 amide bonds. The maximum absolute atomic E-state index is 11.5. The average Bonchev–Trinajstić information content (AvgIpc) is 2.70. The molecule has 0 aliphatic carbocycles. The molecule has 0 aromatic carbocycles. The van der Waals surface area contributed by atoms with Crippen LogP contribution >= 0.6 is 0 Å². The summed E-state index contributed by atoms with van der Waals surface area (Å²) in [5, 5.41) is 15.8. The van der Waals surface area contributed by atoms with E-state index < -0.39 is 0 Å². The summed E-state index contributed by atoms with van der Waals surface area (Å²) < 4.78 is 0. The number of fused-ring (bicyclic) bond motifs is 1. The molecule has 4 N–H and O–H groups in total. The topological polar surface area (TPSA) is 81.8 Å². The Bertz CT molecular complexity index is 373. The Hall–Kier alpha value is -1.56. The summed E-state index contributed by atoms with van der Waals surface area (Å²) in [4.78, 5) is 11.5. The van der Waals surface area contributed by atoms with Gasteiger partial charge in [0.1, 0.15) is 0 Å². The summed E-state index contributed by atoms with van der Waals surface area (Å²) in [5.74, 6) is 0.635. The van der Waals surface area contributed by atoms with Crippen LogP contribution in [0.5, 0.6) is 0 Å². The van der Waals surface area contributed by atoms with Crippen molar-refractivity contribution in [3.8, 4) is 0 Å². The van der Waals surface area contributed by atoms with Gasteiger partial charge in [0.05, 0.1) is 0 Å². The third kappa shape index (κ3) is 2.33. The van der Waals surface area contributed by atoms with Gasteiger partial charge in [-0.2, -0.15) is 5.10 Å². The average molecular weight is 223 g/mol. The normalized spacial score (nSPS) is 14.3. The van der Waals surface area contributed by atoms with Crippen LogP contribution in [0.3, 0.4) is 0 Å². The minimum absolute atomic E-state index is 0.193. The van der Waals surface area contributed by atoms with Crippen molar-refractivity contribution in [2.75, 3.05) is 18.4 Å². The number of carbonyl (C=O) groups excluding carboxylic acids is 1. The number of anilines is 1. The summed E-state index contributed by atoms with van der Waals surface area (Å²) >= 11 is 0. The molecular weight excluding hydrogens is 206 g/mol. The van der Waals surface area contributed by atoms with E-state index in [0.717, 1.165) is 37.2 Å². The largest absolute Gasteiger partial charge is 0.338 e. The van der Waals surface area contributed by atoms with Gasteiger partial charge < -0.3 is 10.6 Å². The number of hydrogen-bond donors (Lipinski definition) is 4. The first-order valence-corrected chi connectivity index (χ1v) is 5.63. The molecule has 1 aliphatic heterocycles. The molecule has 0 bridgehead atoms. The molecule has 0 unspecified atom stereocenters. The zero-order chi connectivity index (χ0) is 11.4. The molecule has 16 heavy (non-hydrogen) atoms. The van der Waals surface area contributed by atoms with E-state index in [1.54, 1.807) is 0 Å². The molecule has 0 spiro atoms. The SMILES string of the molecule is CCCNC(=O)Nc1n[nH]c2c1CNCC2. The first kappa shape index (κ1) is 10.9. The molecule has 2 heterocycles. The molecule has 1 aliphatic rings. The predicted octanol–water partition coefficient (Wildman–Crippen LogP) is 0.587. The molecule has 0 fully saturated rings. The molecule has 0 radical (unpaired) electrons. The van der Waals surface area contributed by atoms with Gasteiger partial charge >= 0.3 is 6.03 Å². The molecule has 6 nitrogen and oxygen atoms in total. The second-order valence-corrected chi connectivity index (χ2v) is 3.84. The lowest BCUT2D eigenvalue weighted by Gasteiger charge is -2.13. The van der Waals surface area contributed by atoms with E-state index in [-0.39, 0.29) is 6.03 Å². The van der Waals surface area contributed by atoms with Crippen molar-refractivity contribution in [3.63, 3.8) is 0 Å². The highest BCUT2D eigenvalue weighted by atomic mass is 16.2. The van der Waals surface area contributed by atoms with Crippen molar-refractivity contribution in [2.24, 2.45) is 0 Å². The Kier molecular flexibility index (Phi) is 3.40. The fraction of sp³-hybridized carbons (Fsp3) is 0.600. The Morgan fingerprint density at radius 3 is 3.25 bits per heavy atom. The fourth-order valence-electron chi connectivity index (χ4n) is 1.72. The van der Waals surface area contributed by atoms with Crippen LogP contribution in [0.15, 0.2) is 0 Å². The van der Waals surface area contributed by atoms with E-state index in [1.165, 1.54) is 0 Å². The lowest BCUT2D eigenvalue weighted by atomic mass is 10.1. The fourth-order valence-corrected chi connectivity index (χ4v) is 1.72. The van der Waals surface area contributed by atoms with Gasteiger partial charge in [-0.05, 0) is 6.42 Å². The molecule has 0 saturated carbocycles. The molecule has 1 aromatic heterocycles. The van der Waals surface area contributed by atoms with E-state index in [0.29, 0.717) is 12.4 Å². The second-order valence-electron chi connectivity index (χ2n) is 3.84. The summed E-state index contributed by atoms with van der Waals surface area (Å²) in [6, 6.07) is -0.193. The number of H-pyrrole nitrogens is 1. The summed E-state index contributed by atoms with van der Waals surface area (Å²) in [7, 11) is 0. The highest BCUT2D eigenvalue weighted by Crippen LogP contribution is 2.19. The van der Waals surface area contributed by atoms with Gasteiger partial charge in [-0.3, -0.25) is 10.4 Å². The standard InChI is InChI=1S/C10H17N5O/c1-2-4-12-10(16)13-9-7-6-11-5-3-8(7)14-15-9/h11H,2-6H2,1H3,(H3,12,13,14,15,16). The number of nitrogens with zero attached hydrogens (tertiary/aromatic N) is 1. The van der Waals surface area contributed by atoms with Crippen molar-refractivity contribution in [1.82, 2.24) is 20.8 Å². The first-order chi connectivity index (χ1) is 7.81. The molecule has 88 valence electrons. The van der Waals surface area contributed by atoms with Gasteiger partial charge in [0, 0.05) is 37.3 Å². The van der Waals surface area contributed by atoms with Crippen molar-refractivity contribution in [3.05, 3.63) is 11.3 Å². The van der Waals surface area contributed by atoms with Gasteiger partial charge in [0.2, 0.25) is 0 Å². The van der Waals surface area contributed by atoms with E-state index >= 15 is 0 Å². The van der Waals surface area contributed by atoms with Crippen LogP contribution in [0.4, 0.5) is 10.6 Å². The zero-order valence-electron chi connectivity index (χ0n) is 9.39. The molecule has 6 heteroatoms. The molecule has 0 atom stereocenters. The molecule has 0 saturated heterocycles. The van der Waals surface area contributed by atoms with Crippen molar-refractivity contribution in [1.29, 1.82) is 0 Å². The number of nitrogens with one attached hydrogen (secondary N) is 4. The third-order valence-corrected chi connectivity index (χ3v) is 2.57. The summed E-state index contributed by atoms with van der Waals surface area (Å²) in [6.45, 7) is 4.41. The van der Waals surface area contributed by atoms with Gasteiger partial charge in [-0.1, -0.05) is 6.92 Å². The number of rotatable bonds is 3. The number of hydrogen-bond acceptors (Lipinski definition) is 3. The lowest BCUT2D eigenvalue weighted by Crippen LogP contribution is -2.30. The highest BCUT2D eigenvalue weighted by molar-refractivity contribution is 5.89. The first-order valence-electron chi connectivity index (χ1n) is 5.63. The number of aromatic amines is 1. The Balaban J connectivity index is 1.99. The van der Waals surface area contributed by atoms with E-state index in [2.05, 4.69) is 26.1 Å². The van der Waals surface area contributed by atoms with Crippen molar-refractivity contribution in [2.45, 2.75) is 26.3 Å². The van der Waals surface area contributed by atoms with Gasteiger partial charge in [-0.15, -0.1) is 0 Å². The molecule has 1 aromatic rings. The Morgan fingerprint density at radius 1 is 1.56 bits per heavy atom. The van der Waals surface area contributed by atoms with Crippen molar-refractivity contribution < 1.29 is 4.79 Å². The Labute approximate surface area is 94.2 Å². The number of carbonyl (C=O) groups is 1. The summed E-state index contributed by atoms with van der Waals surface area (Å²) in [5.41, 5.74) is 2.18. The zero-order valence-corrected chi connectivity index (χ0v) is 9.39. The number of urea groups is 1. The summed E-state index contributed by atoms with van der Waals surface area (Å²) in [6.07, 6.45) is 1.86. The van der Waals surface area contributed by atoms with Crippen LogP contribution in [0.1, 0.15) is 24.6 Å². The predicted molar refractivity (Wildman–Crippen MR) is 61.3 cm³/mol. The van der Waals surface area contributed by atoms with E-state index in [4.69, 9.17) is 0 Å². The third-order valence-electron chi connectivity index (χ3n) is 2.57. The van der Waals surface area contributed by atoms with Gasteiger partial charge in [0.25, 0.3) is 0 Å². The smallest absolute Gasteiger partial charge is 0.320 e. The molecule has 2 rings (SSSR count). The van der Waals surface area contributed by atoms with Crippen LogP contribution in [0.2, 0.25) is 0 Å². The maximum atomic E-state index is 11.5. The minimum Gasteiger partial charge on any atom is -0.338 e. The monoisotopic (exact) mass is 223 g/mol. The van der Waals surface area contributed by atoms with E-state index in [1.807, 2.05) is 6.92 Å². The van der Waals surface area contributed by atoms with Crippen molar-refractivity contribution >= 4 is 11.8 Å². The molecular formula is C10H17N5O. The van der Waals surface area contributed by atoms with Crippen LogP contribution in [-0.2, 0) is 13.0 Å². The second kappa shape index (κ2) is 4.98. The minimum atomic E-state index is -0.193. The van der Waals surface area contributed by atoms with Crippen LogP contribution in [-0.4, -0.2) is 29.3 Å². The maximum Gasteiger partial charge on any atom is 0.320 e. The van der Waals surface area contributed by atoms with Crippen LogP contribution in [0.25, 0.3) is 0 Å². The van der Waals surface area contributed by atoms with Crippen LogP contribution in [0, 0.1) is 0 Å². The number of amides is 2. The van der Waals surface area contributed by atoms with Gasteiger partial charge in [-0.25, -0.2) is 4.79 Å². The van der Waals surface area contributed by atoms with Crippen LogP contribution < -0.4 is 16.0 Å². The quantitative estimate of drug-likeness (QED) is 0.605. The highest BCUT2D eigenvalue weighted by Gasteiger charge is 2.17. The van der Waals surface area contributed by atoms with Gasteiger partial charge in [0.15, 0.2) is 5.82 Å². The Morgan fingerprint density at radius 2 is 2.44 bits per heavy atom. The van der Waals surface area contributed by atoms with E-state index in [9.17, 15) is 4.79 Å². The number of aromatic nitrogens is 2. The lowest BCUT2D eigenvalue weighted by molar-refractivity contribution is 0.252.